The highest BCUT2D eigenvalue weighted by molar-refractivity contribution is 7.80. The Morgan fingerprint density at radius 1 is 1.05 bits per heavy atom. The molecule has 21 heavy (non-hydrogen) atoms. The molecule has 2 aromatic rings. The quantitative estimate of drug-likeness (QED) is 0.580. The molecule has 1 aromatic heterocycles. The molecule has 0 radical (unpaired) electrons. The van der Waals surface area contributed by atoms with E-state index < -0.39 is 11.8 Å². The van der Waals surface area contributed by atoms with E-state index in [1.165, 1.54) is 12.3 Å². The van der Waals surface area contributed by atoms with Gasteiger partial charge in [0.05, 0.1) is 16.8 Å². The molecule has 1 aromatic carbocycles. The van der Waals surface area contributed by atoms with Crippen LogP contribution in [0, 0.1) is 0 Å². The highest BCUT2D eigenvalue weighted by Gasteiger charge is 2.12. The number of carbonyl (C=O) groups excluding carboxylic acids is 2. The lowest BCUT2D eigenvalue weighted by Gasteiger charge is -2.10. The number of carbonyl (C=O) groups is 2. The molecule has 0 aliphatic heterocycles. The summed E-state index contributed by atoms with van der Waals surface area (Å²) in [6.45, 7) is 0. The summed E-state index contributed by atoms with van der Waals surface area (Å²) in [7, 11) is 0. The van der Waals surface area contributed by atoms with E-state index in [0.29, 0.717) is 5.02 Å². The van der Waals surface area contributed by atoms with Crippen molar-refractivity contribution in [2.45, 2.75) is 0 Å². The Bertz CT molecular complexity index is 673. The van der Waals surface area contributed by atoms with E-state index in [1.807, 2.05) is 0 Å². The summed E-state index contributed by atoms with van der Waals surface area (Å²) in [5.74, 6) is -0.892. The molecule has 8 heteroatoms. The SMILES string of the molecule is O=C(NC(=S)NNC(=O)c1ccccc1Cl)c1ccco1. The lowest BCUT2D eigenvalue weighted by molar-refractivity contribution is 0.0927. The van der Waals surface area contributed by atoms with Gasteiger partial charge in [0.1, 0.15) is 0 Å². The van der Waals surface area contributed by atoms with Crippen LogP contribution < -0.4 is 16.2 Å². The number of nitrogens with one attached hydrogen (secondary N) is 3. The van der Waals surface area contributed by atoms with Crippen molar-refractivity contribution in [3.05, 3.63) is 59.0 Å². The summed E-state index contributed by atoms with van der Waals surface area (Å²) >= 11 is 10.8. The zero-order valence-electron chi connectivity index (χ0n) is 10.6. The highest BCUT2D eigenvalue weighted by Crippen LogP contribution is 2.13. The fourth-order valence-corrected chi connectivity index (χ4v) is 1.80. The standard InChI is InChI=1S/C13H10ClN3O3S/c14-9-5-2-1-4-8(9)11(18)16-17-13(21)15-12(19)10-6-3-7-20-10/h1-7H,(H,16,18)(H2,15,17,19,21). The first kappa shape index (κ1) is 15.0. The molecule has 2 amide bonds. The number of hydrogen-bond acceptors (Lipinski definition) is 4. The minimum absolute atomic E-state index is 0.0724. The van der Waals surface area contributed by atoms with Crippen molar-refractivity contribution in [1.82, 2.24) is 16.2 Å². The van der Waals surface area contributed by atoms with Crippen LogP contribution in [0.2, 0.25) is 5.02 Å². The Kier molecular flexibility index (Phi) is 4.91. The molecule has 6 nitrogen and oxygen atoms in total. The van der Waals surface area contributed by atoms with Gasteiger partial charge in [-0.1, -0.05) is 23.7 Å². The molecule has 0 saturated heterocycles. The van der Waals surface area contributed by atoms with Gasteiger partial charge in [0.15, 0.2) is 10.9 Å². The van der Waals surface area contributed by atoms with Crippen molar-refractivity contribution >= 4 is 40.7 Å². The van der Waals surface area contributed by atoms with Crippen LogP contribution in [0.4, 0.5) is 0 Å². The summed E-state index contributed by atoms with van der Waals surface area (Å²) < 4.78 is 4.90. The third-order valence-corrected chi connectivity index (χ3v) is 2.91. The van der Waals surface area contributed by atoms with Crippen molar-refractivity contribution in [1.29, 1.82) is 0 Å². The average Bonchev–Trinajstić information content (AvgIpc) is 2.99. The molecule has 1 heterocycles. The van der Waals surface area contributed by atoms with Crippen molar-refractivity contribution in [2.75, 3.05) is 0 Å². The zero-order valence-corrected chi connectivity index (χ0v) is 12.1. The minimum atomic E-state index is -0.524. The molecule has 0 unspecified atom stereocenters. The third-order valence-electron chi connectivity index (χ3n) is 2.38. The molecular formula is C13H10ClN3O3S. The Hall–Kier alpha value is -2.38. The number of halogens is 1. The second-order valence-electron chi connectivity index (χ2n) is 3.82. The fourth-order valence-electron chi connectivity index (χ4n) is 1.43. The summed E-state index contributed by atoms with van der Waals surface area (Å²) in [6.07, 6.45) is 1.37. The molecule has 0 aliphatic rings. The molecule has 3 N–H and O–H groups in total. The Morgan fingerprint density at radius 2 is 1.81 bits per heavy atom. The first-order valence-corrected chi connectivity index (χ1v) is 6.56. The van der Waals surface area contributed by atoms with Crippen LogP contribution in [0.5, 0.6) is 0 Å². The van der Waals surface area contributed by atoms with Gasteiger partial charge in [0, 0.05) is 0 Å². The van der Waals surface area contributed by atoms with Crippen LogP contribution in [0.1, 0.15) is 20.9 Å². The predicted octanol–water partition coefficient (Wildman–Crippen LogP) is 1.88. The number of benzene rings is 1. The lowest BCUT2D eigenvalue weighted by atomic mass is 10.2. The first-order chi connectivity index (χ1) is 10.1. The molecule has 0 fully saturated rings. The van der Waals surface area contributed by atoms with Crippen molar-refractivity contribution in [3.8, 4) is 0 Å². The van der Waals surface area contributed by atoms with Crippen LogP contribution in [0.25, 0.3) is 0 Å². The summed E-state index contributed by atoms with van der Waals surface area (Å²) in [4.78, 5) is 23.5. The van der Waals surface area contributed by atoms with E-state index in [2.05, 4.69) is 16.2 Å². The second kappa shape index (κ2) is 6.87. The number of hydrogen-bond donors (Lipinski definition) is 3. The molecule has 0 bridgehead atoms. The molecule has 2 rings (SSSR count). The average molecular weight is 324 g/mol. The van der Waals surface area contributed by atoms with Gasteiger partial charge < -0.3 is 4.42 Å². The second-order valence-corrected chi connectivity index (χ2v) is 4.63. The number of rotatable bonds is 2. The van der Waals surface area contributed by atoms with Gasteiger partial charge in [0.25, 0.3) is 11.8 Å². The van der Waals surface area contributed by atoms with Crippen LogP contribution in [-0.2, 0) is 0 Å². The molecule has 108 valence electrons. The summed E-state index contributed by atoms with van der Waals surface area (Å²) in [6, 6.07) is 9.60. The molecular weight excluding hydrogens is 314 g/mol. The van der Waals surface area contributed by atoms with Gasteiger partial charge in [-0.25, -0.2) is 0 Å². The van der Waals surface area contributed by atoms with Crippen LogP contribution >= 0.6 is 23.8 Å². The maximum Gasteiger partial charge on any atom is 0.293 e. The predicted molar refractivity (Wildman–Crippen MR) is 80.8 cm³/mol. The van der Waals surface area contributed by atoms with E-state index in [4.69, 9.17) is 28.2 Å². The fraction of sp³-hybridized carbons (Fsp3) is 0. The minimum Gasteiger partial charge on any atom is -0.459 e. The van der Waals surface area contributed by atoms with Crippen LogP contribution in [0.3, 0.4) is 0 Å². The molecule has 0 saturated carbocycles. The van der Waals surface area contributed by atoms with E-state index in [0.717, 1.165) is 0 Å². The summed E-state index contributed by atoms with van der Waals surface area (Å²) in [5, 5.41) is 2.58. The monoisotopic (exact) mass is 323 g/mol. The van der Waals surface area contributed by atoms with E-state index in [1.54, 1.807) is 30.3 Å². The van der Waals surface area contributed by atoms with Gasteiger partial charge in [-0.15, -0.1) is 0 Å². The van der Waals surface area contributed by atoms with Gasteiger partial charge in [-0.05, 0) is 36.5 Å². The van der Waals surface area contributed by atoms with Crippen molar-refractivity contribution in [2.24, 2.45) is 0 Å². The number of furan rings is 1. The highest BCUT2D eigenvalue weighted by atomic mass is 35.5. The first-order valence-electron chi connectivity index (χ1n) is 5.77. The van der Waals surface area contributed by atoms with Crippen molar-refractivity contribution in [3.63, 3.8) is 0 Å². The van der Waals surface area contributed by atoms with Crippen molar-refractivity contribution < 1.29 is 14.0 Å². The van der Waals surface area contributed by atoms with Gasteiger partial charge in [0.2, 0.25) is 0 Å². The maximum atomic E-state index is 11.8. The molecule has 0 atom stereocenters. The van der Waals surface area contributed by atoms with Gasteiger partial charge in [-0.3, -0.25) is 25.8 Å². The molecule has 0 spiro atoms. The van der Waals surface area contributed by atoms with Crippen LogP contribution in [0.15, 0.2) is 47.1 Å². The smallest absolute Gasteiger partial charge is 0.293 e. The summed E-state index contributed by atoms with van der Waals surface area (Å²) in [5.41, 5.74) is 5.02. The van der Waals surface area contributed by atoms with Crippen LogP contribution in [-0.4, -0.2) is 16.9 Å². The normalized spacial score (nSPS) is 9.76. The Morgan fingerprint density at radius 3 is 2.48 bits per heavy atom. The number of hydrazine groups is 1. The van der Waals surface area contributed by atoms with Gasteiger partial charge >= 0.3 is 0 Å². The number of amides is 2. The largest absolute Gasteiger partial charge is 0.459 e. The Balaban J connectivity index is 1.86. The topological polar surface area (TPSA) is 83.4 Å². The van der Waals surface area contributed by atoms with E-state index in [-0.39, 0.29) is 16.4 Å². The Labute approximate surface area is 130 Å². The van der Waals surface area contributed by atoms with E-state index >= 15 is 0 Å². The maximum absolute atomic E-state index is 11.8. The van der Waals surface area contributed by atoms with Gasteiger partial charge in [-0.2, -0.15) is 0 Å². The zero-order chi connectivity index (χ0) is 15.2. The number of thiocarbonyl (C=S) groups is 1. The molecule has 0 aliphatic carbocycles. The lowest BCUT2D eigenvalue weighted by Crippen LogP contribution is -2.48. The van der Waals surface area contributed by atoms with E-state index in [9.17, 15) is 9.59 Å². The third kappa shape index (κ3) is 4.04.